The van der Waals surface area contributed by atoms with Gasteiger partial charge in [0, 0.05) is 19.5 Å². The molecule has 5 heteroatoms. The Morgan fingerprint density at radius 1 is 1.39 bits per heavy atom. The molecule has 1 aliphatic heterocycles. The molecule has 1 heterocycles. The van der Waals surface area contributed by atoms with Crippen molar-refractivity contribution < 1.29 is 9.59 Å². The molecule has 4 nitrogen and oxygen atoms in total. The van der Waals surface area contributed by atoms with Crippen LogP contribution in [0.4, 0.5) is 0 Å². The molecule has 0 radical (unpaired) electrons. The average Bonchev–Trinajstić information content (AvgIpc) is 2.48. The maximum absolute atomic E-state index is 12.2. The lowest BCUT2D eigenvalue weighted by Gasteiger charge is -2.23. The minimum Gasteiger partial charge on any atom is -0.344 e. The molecule has 0 spiro atoms. The number of amides is 2. The summed E-state index contributed by atoms with van der Waals surface area (Å²) in [7, 11) is 0. The van der Waals surface area contributed by atoms with E-state index in [4.69, 9.17) is 0 Å². The highest BCUT2D eigenvalue weighted by atomic mass is 32.2. The van der Waals surface area contributed by atoms with Gasteiger partial charge in [-0.15, -0.1) is 0 Å². The zero-order valence-corrected chi connectivity index (χ0v) is 12.2. The van der Waals surface area contributed by atoms with Crippen LogP contribution in [0.15, 0.2) is 0 Å². The van der Waals surface area contributed by atoms with Gasteiger partial charge in [0.1, 0.15) is 6.04 Å². The molecule has 2 amide bonds. The van der Waals surface area contributed by atoms with E-state index in [9.17, 15) is 9.59 Å². The van der Waals surface area contributed by atoms with Crippen molar-refractivity contribution in [2.24, 2.45) is 0 Å². The van der Waals surface area contributed by atoms with Gasteiger partial charge in [0.15, 0.2) is 0 Å². The van der Waals surface area contributed by atoms with E-state index in [1.54, 1.807) is 0 Å². The third-order valence-corrected chi connectivity index (χ3v) is 4.04. The fraction of sp³-hybridized carbons (Fsp3) is 0.846. The van der Waals surface area contributed by atoms with E-state index >= 15 is 0 Å². The van der Waals surface area contributed by atoms with Crippen molar-refractivity contribution in [3.8, 4) is 0 Å². The Morgan fingerprint density at radius 3 is 2.83 bits per heavy atom. The standard InChI is InChI=1S/C13H24N2O2S/c1-3-6-11-13(17)15(8-5-10-18-4-2)9-7-12(16)14-11/h11H,3-10H2,1-2H3,(H,14,16). The topological polar surface area (TPSA) is 49.4 Å². The van der Waals surface area contributed by atoms with E-state index in [0.29, 0.717) is 13.0 Å². The summed E-state index contributed by atoms with van der Waals surface area (Å²) in [6, 6.07) is -0.302. The van der Waals surface area contributed by atoms with Crippen LogP contribution in [0.5, 0.6) is 0 Å². The molecule has 1 fully saturated rings. The fourth-order valence-corrected chi connectivity index (χ4v) is 2.73. The molecule has 1 rings (SSSR count). The van der Waals surface area contributed by atoms with Gasteiger partial charge in [0.25, 0.3) is 0 Å². The Hall–Kier alpha value is -0.710. The number of hydrogen-bond acceptors (Lipinski definition) is 3. The number of hydrogen-bond donors (Lipinski definition) is 1. The Bertz CT molecular complexity index is 284. The number of nitrogens with zero attached hydrogens (tertiary/aromatic N) is 1. The quantitative estimate of drug-likeness (QED) is 0.717. The van der Waals surface area contributed by atoms with Gasteiger partial charge >= 0.3 is 0 Å². The summed E-state index contributed by atoms with van der Waals surface area (Å²) in [5, 5.41) is 2.83. The van der Waals surface area contributed by atoms with Crippen LogP contribution < -0.4 is 5.32 Å². The second kappa shape index (κ2) is 8.40. The van der Waals surface area contributed by atoms with E-state index < -0.39 is 0 Å². The highest BCUT2D eigenvalue weighted by molar-refractivity contribution is 7.99. The second-order valence-corrected chi connectivity index (χ2v) is 5.93. The van der Waals surface area contributed by atoms with Crippen molar-refractivity contribution in [1.82, 2.24) is 10.2 Å². The molecular weight excluding hydrogens is 248 g/mol. The number of rotatable bonds is 7. The first-order valence-corrected chi connectivity index (χ1v) is 8.00. The second-order valence-electron chi connectivity index (χ2n) is 4.53. The molecule has 0 aromatic heterocycles. The molecular formula is C13H24N2O2S. The first-order valence-electron chi connectivity index (χ1n) is 6.85. The van der Waals surface area contributed by atoms with Gasteiger partial charge in [-0.05, 0) is 24.3 Å². The van der Waals surface area contributed by atoms with Gasteiger partial charge in [0.2, 0.25) is 11.8 Å². The molecule has 1 unspecified atom stereocenters. The van der Waals surface area contributed by atoms with E-state index in [1.165, 1.54) is 0 Å². The van der Waals surface area contributed by atoms with Gasteiger partial charge in [-0.1, -0.05) is 20.3 Å². The number of carbonyl (C=O) groups is 2. The van der Waals surface area contributed by atoms with Crippen LogP contribution in [0.25, 0.3) is 0 Å². The van der Waals surface area contributed by atoms with Gasteiger partial charge in [-0.2, -0.15) is 11.8 Å². The molecule has 1 atom stereocenters. The minimum absolute atomic E-state index is 0.00670. The largest absolute Gasteiger partial charge is 0.344 e. The molecule has 0 saturated carbocycles. The lowest BCUT2D eigenvalue weighted by atomic mass is 10.1. The summed E-state index contributed by atoms with van der Waals surface area (Å²) in [6.07, 6.45) is 3.10. The van der Waals surface area contributed by atoms with Crippen LogP contribution in [-0.4, -0.2) is 47.4 Å². The van der Waals surface area contributed by atoms with Crippen LogP contribution in [0.1, 0.15) is 39.5 Å². The van der Waals surface area contributed by atoms with E-state index in [2.05, 4.69) is 12.2 Å². The normalized spacial score (nSPS) is 20.8. The lowest BCUT2D eigenvalue weighted by molar-refractivity contribution is -0.133. The third kappa shape index (κ3) is 4.88. The summed E-state index contributed by atoms with van der Waals surface area (Å²) >= 11 is 1.89. The van der Waals surface area contributed by atoms with E-state index in [-0.39, 0.29) is 17.9 Å². The number of thioether (sulfide) groups is 1. The maximum Gasteiger partial charge on any atom is 0.245 e. The van der Waals surface area contributed by atoms with Gasteiger partial charge in [0.05, 0.1) is 0 Å². The Morgan fingerprint density at radius 2 is 2.17 bits per heavy atom. The van der Waals surface area contributed by atoms with E-state index in [1.807, 2.05) is 23.6 Å². The zero-order chi connectivity index (χ0) is 13.4. The zero-order valence-electron chi connectivity index (χ0n) is 11.4. The van der Waals surface area contributed by atoms with Crippen LogP contribution in [0, 0.1) is 0 Å². The SMILES string of the molecule is CCCC1NC(=O)CCN(CCCSCC)C1=O. The van der Waals surface area contributed by atoms with Crippen molar-refractivity contribution in [3.05, 3.63) is 0 Å². The van der Waals surface area contributed by atoms with Gasteiger partial charge in [-0.3, -0.25) is 9.59 Å². The predicted molar refractivity (Wildman–Crippen MR) is 75.7 cm³/mol. The van der Waals surface area contributed by atoms with Crippen LogP contribution in [-0.2, 0) is 9.59 Å². The van der Waals surface area contributed by atoms with Gasteiger partial charge < -0.3 is 10.2 Å². The third-order valence-electron chi connectivity index (χ3n) is 3.05. The molecule has 1 aliphatic rings. The first-order chi connectivity index (χ1) is 8.69. The Labute approximate surface area is 114 Å². The summed E-state index contributed by atoms with van der Waals surface area (Å²) in [5.74, 6) is 2.31. The smallest absolute Gasteiger partial charge is 0.245 e. The van der Waals surface area contributed by atoms with Gasteiger partial charge in [-0.25, -0.2) is 0 Å². The predicted octanol–water partition coefficient (Wildman–Crippen LogP) is 1.65. The van der Waals surface area contributed by atoms with Crippen LogP contribution in [0.3, 0.4) is 0 Å². The van der Waals surface area contributed by atoms with Crippen molar-refractivity contribution in [2.45, 2.75) is 45.6 Å². The molecule has 1 saturated heterocycles. The minimum atomic E-state index is -0.302. The molecule has 1 N–H and O–H groups in total. The van der Waals surface area contributed by atoms with Crippen molar-refractivity contribution >= 4 is 23.6 Å². The molecule has 18 heavy (non-hydrogen) atoms. The number of nitrogens with one attached hydrogen (secondary N) is 1. The van der Waals surface area contributed by atoms with Crippen molar-refractivity contribution in [2.75, 3.05) is 24.6 Å². The fourth-order valence-electron chi connectivity index (χ4n) is 2.10. The summed E-state index contributed by atoms with van der Waals surface area (Å²) in [4.78, 5) is 25.6. The first kappa shape index (κ1) is 15.3. The molecule has 104 valence electrons. The average molecular weight is 272 g/mol. The highest BCUT2D eigenvalue weighted by Crippen LogP contribution is 2.10. The highest BCUT2D eigenvalue weighted by Gasteiger charge is 2.28. The van der Waals surface area contributed by atoms with Crippen LogP contribution in [0.2, 0.25) is 0 Å². The van der Waals surface area contributed by atoms with Crippen LogP contribution >= 0.6 is 11.8 Å². The van der Waals surface area contributed by atoms with Crippen molar-refractivity contribution in [1.29, 1.82) is 0 Å². The summed E-state index contributed by atoms with van der Waals surface area (Å²) in [5.41, 5.74) is 0. The Balaban J connectivity index is 2.49. The summed E-state index contributed by atoms with van der Waals surface area (Å²) < 4.78 is 0. The molecule has 0 aliphatic carbocycles. The molecule has 0 bridgehead atoms. The molecule has 0 aromatic rings. The molecule has 0 aromatic carbocycles. The maximum atomic E-state index is 12.2. The van der Waals surface area contributed by atoms with Crippen molar-refractivity contribution in [3.63, 3.8) is 0 Å². The lowest BCUT2D eigenvalue weighted by Crippen LogP contribution is -2.44. The van der Waals surface area contributed by atoms with E-state index in [0.717, 1.165) is 37.3 Å². The Kier molecular flexibility index (Phi) is 7.16. The number of carbonyl (C=O) groups excluding carboxylic acids is 2. The monoisotopic (exact) mass is 272 g/mol. The summed E-state index contributed by atoms with van der Waals surface area (Å²) in [6.45, 7) is 5.52.